The van der Waals surface area contributed by atoms with Gasteiger partial charge in [-0.25, -0.2) is 0 Å². The molecule has 3 rings (SSSR count). The molecule has 0 spiro atoms. The molecule has 0 amide bonds. The smallest absolute Gasteiger partial charge is 0.497 e. The molecule has 2 aromatic rings. The average molecular weight is 369 g/mol. The Bertz CT molecular complexity index is 753. The Morgan fingerprint density at radius 3 is 2.04 bits per heavy atom. The third-order valence-corrected chi connectivity index (χ3v) is 3.89. The Labute approximate surface area is 148 Å². The van der Waals surface area contributed by atoms with Crippen molar-refractivity contribution in [1.82, 2.24) is 5.32 Å². The number of methoxy groups -OCH3 is 2. The van der Waals surface area contributed by atoms with Gasteiger partial charge in [-0.3, -0.25) is 0 Å². The molecule has 0 radical (unpaired) electrons. The fourth-order valence-corrected chi connectivity index (χ4v) is 2.49. The lowest BCUT2D eigenvalue weighted by Crippen LogP contribution is -2.50. The fraction of sp³-hybridized carbons (Fsp3) is 0.333. The van der Waals surface area contributed by atoms with E-state index in [1.54, 1.807) is 24.3 Å². The number of benzene rings is 2. The van der Waals surface area contributed by atoms with Crippen LogP contribution in [0.3, 0.4) is 0 Å². The first kappa shape index (κ1) is 18.2. The van der Waals surface area contributed by atoms with Crippen LogP contribution in [-0.2, 0) is 0 Å². The van der Waals surface area contributed by atoms with Gasteiger partial charge in [-0.05, 0) is 35.4 Å². The largest absolute Gasteiger partial charge is 0.573 e. The number of hydrogen-bond donors (Lipinski definition) is 1. The molecule has 1 N–H and O–H groups in total. The molecule has 1 heterocycles. The first-order chi connectivity index (χ1) is 12.4. The monoisotopic (exact) mass is 369 g/mol. The van der Waals surface area contributed by atoms with Crippen molar-refractivity contribution < 1.29 is 32.1 Å². The Hall–Kier alpha value is -2.61. The molecule has 8 heteroatoms. The maximum Gasteiger partial charge on any atom is 0.573 e. The Morgan fingerprint density at radius 2 is 1.54 bits per heavy atom. The minimum Gasteiger partial charge on any atom is -0.497 e. The van der Waals surface area contributed by atoms with Gasteiger partial charge in [0.05, 0.1) is 14.2 Å². The van der Waals surface area contributed by atoms with Gasteiger partial charge < -0.3 is 24.3 Å². The van der Waals surface area contributed by atoms with Crippen LogP contribution in [0.25, 0.3) is 11.1 Å². The first-order valence-electron chi connectivity index (χ1n) is 7.88. The molecule has 2 aromatic carbocycles. The summed E-state index contributed by atoms with van der Waals surface area (Å²) in [6.45, 7) is 1.17. The van der Waals surface area contributed by atoms with Crippen LogP contribution in [0.2, 0.25) is 0 Å². The van der Waals surface area contributed by atoms with E-state index in [1.807, 2.05) is 0 Å². The van der Waals surface area contributed by atoms with Crippen molar-refractivity contribution in [2.75, 3.05) is 27.3 Å². The van der Waals surface area contributed by atoms with Crippen LogP contribution in [0.1, 0.15) is 0 Å². The lowest BCUT2D eigenvalue weighted by Gasteiger charge is -2.28. The molecule has 1 saturated heterocycles. The summed E-state index contributed by atoms with van der Waals surface area (Å²) in [4.78, 5) is 0. The minimum absolute atomic E-state index is 0.0486. The Morgan fingerprint density at radius 1 is 0.885 bits per heavy atom. The zero-order chi connectivity index (χ0) is 18.7. The van der Waals surface area contributed by atoms with Crippen LogP contribution in [0, 0.1) is 0 Å². The third kappa shape index (κ3) is 4.32. The van der Waals surface area contributed by atoms with Gasteiger partial charge >= 0.3 is 6.36 Å². The van der Waals surface area contributed by atoms with Crippen molar-refractivity contribution in [1.29, 1.82) is 0 Å². The van der Waals surface area contributed by atoms with Crippen molar-refractivity contribution in [2.24, 2.45) is 0 Å². The highest BCUT2D eigenvalue weighted by Crippen LogP contribution is 2.38. The summed E-state index contributed by atoms with van der Waals surface area (Å²) in [6.07, 6.45) is -4.99. The third-order valence-electron chi connectivity index (χ3n) is 3.89. The van der Waals surface area contributed by atoms with Crippen molar-refractivity contribution in [3.63, 3.8) is 0 Å². The van der Waals surface area contributed by atoms with E-state index < -0.39 is 6.36 Å². The number of rotatable bonds is 6. The highest BCUT2D eigenvalue weighted by molar-refractivity contribution is 5.70. The molecular weight excluding hydrogens is 351 g/mol. The lowest BCUT2D eigenvalue weighted by atomic mass is 10.0. The zero-order valence-corrected chi connectivity index (χ0v) is 14.2. The molecule has 1 aliphatic heterocycles. The molecule has 26 heavy (non-hydrogen) atoms. The fourth-order valence-electron chi connectivity index (χ4n) is 2.49. The van der Waals surface area contributed by atoms with E-state index in [4.69, 9.17) is 14.2 Å². The minimum atomic E-state index is -4.82. The molecule has 140 valence electrons. The maximum atomic E-state index is 12.8. The van der Waals surface area contributed by atoms with E-state index in [2.05, 4.69) is 10.1 Å². The standard InChI is InChI=1S/C18H18F3NO4/c1-23-13-5-12(6-14(8-13)24-2)11-3-4-16(25-15-9-22-10-15)17(7-11)26-18(19,20)21/h3-8,15,22H,9-10H2,1-2H3. The normalized spacial score (nSPS) is 14.5. The van der Waals surface area contributed by atoms with Gasteiger partial charge in [0.1, 0.15) is 17.6 Å². The van der Waals surface area contributed by atoms with Crippen LogP contribution in [0.15, 0.2) is 36.4 Å². The number of nitrogens with one attached hydrogen (secondary N) is 1. The molecule has 0 atom stereocenters. The summed E-state index contributed by atoms with van der Waals surface area (Å²) >= 11 is 0. The molecule has 0 aliphatic carbocycles. The van der Waals surface area contributed by atoms with Crippen LogP contribution < -0.4 is 24.3 Å². The highest BCUT2D eigenvalue weighted by atomic mass is 19.4. The van der Waals surface area contributed by atoms with E-state index in [-0.39, 0.29) is 17.6 Å². The molecule has 0 saturated carbocycles. The van der Waals surface area contributed by atoms with Crippen LogP contribution in [0.4, 0.5) is 13.2 Å². The second-order valence-electron chi connectivity index (χ2n) is 5.71. The van der Waals surface area contributed by atoms with Gasteiger partial charge in [0.15, 0.2) is 11.5 Å². The summed E-state index contributed by atoms with van der Waals surface area (Å²) in [6, 6.07) is 9.51. The van der Waals surface area contributed by atoms with Crippen LogP contribution >= 0.6 is 0 Å². The lowest BCUT2D eigenvalue weighted by molar-refractivity contribution is -0.275. The maximum absolute atomic E-state index is 12.8. The van der Waals surface area contributed by atoms with Gasteiger partial charge in [0.2, 0.25) is 0 Å². The molecule has 1 aliphatic rings. The second-order valence-corrected chi connectivity index (χ2v) is 5.71. The van der Waals surface area contributed by atoms with E-state index in [1.165, 1.54) is 26.4 Å². The predicted molar refractivity (Wildman–Crippen MR) is 89.0 cm³/mol. The number of hydrogen-bond acceptors (Lipinski definition) is 5. The van der Waals surface area contributed by atoms with Crippen LogP contribution in [-0.4, -0.2) is 39.8 Å². The van der Waals surface area contributed by atoms with Crippen molar-refractivity contribution in [2.45, 2.75) is 12.5 Å². The molecule has 5 nitrogen and oxygen atoms in total. The number of ether oxygens (including phenoxy) is 4. The summed E-state index contributed by atoms with van der Waals surface area (Å²) in [5.74, 6) is 0.716. The van der Waals surface area contributed by atoms with Gasteiger partial charge in [-0.15, -0.1) is 13.2 Å². The Kier molecular flexibility index (Phi) is 5.13. The Balaban J connectivity index is 1.98. The van der Waals surface area contributed by atoms with Gasteiger partial charge in [0.25, 0.3) is 0 Å². The van der Waals surface area contributed by atoms with E-state index in [0.717, 1.165) is 0 Å². The molecule has 1 fully saturated rings. The van der Waals surface area contributed by atoms with Crippen molar-refractivity contribution in [3.8, 4) is 34.1 Å². The summed E-state index contributed by atoms with van der Waals surface area (Å²) in [5, 5.41) is 3.00. The van der Waals surface area contributed by atoms with E-state index in [9.17, 15) is 13.2 Å². The molecule has 0 aromatic heterocycles. The molecular formula is C18H18F3NO4. The SMILES string of the molecule is COc1cc(OC)cc(-c2ccc(OC3CNC3)c(OC(F)(F)F)c2)c1. The molecule has 0 bridgehead atoms. The van der Waals surface area contributed by atoms with Gasteiger partial charge in [0, 0.05) is 19.2 Å². The predicted octanol–water partition coefficient (Wildman–Crippen LogP) is 3.62. The molecule has 0 unspecified atom stereocenters. The highest BCUT2D eigenvalue weighted by Gasteiger charge is 2.33. The van der Waals surface area contributed by atoms with E-state index in [0.29, 0.717) is 35.7 Å². The summed E-state index contributed by atoms with van der Waals surface area (Å²) in [7, 11) is 3.00. The second kappa shape index (κ2) is 7.33. The number of halogens is 3. The first-order valence-corrected chi connectivity index (χ1v) is 7.88. The topological polar surface area (TPSA) is 49.0 Å². The quantitative estimate of drug-likeness (QED) is 0.843. The summed E-state index contributed by atoms with van der Waals surface area (Å²) < 4.78 is 58.5. The zero-order valence-electron chi connectivity index (χ0n) is 14.2. The van der Waals surface area contributed by atoms with Crippen molar-refractivity contribution >= 4 is 0 Å². The van der Waals surface area contributed by atoms with Crippen LogP contribution in [0.5, 0.6) is 23.0 Å². The van der Waals surface area contributed by atoms with E-state index >= 15 is 0 Å². The summed E-state index contributed by atoms with van der Waals surface area (Å²) in [5.41, 5.74) is 1.14. The number of alkyl halides is 3. The van der Waals surface area contributed by atoms with Crippen molar-refractivity contribution in [3.05, 3.63) is 36.4 Å². The average Bonchev–Trinajstić information content (AvgIpc) is 2.57. The van der Waals surface area contributed by atoms with Gasteiger partial charge in [-0.1, -0.05) is 6.07 Å². The van der Waals surface area contributed by atoms with Gasteiger partial charge in [-0.2, -0.15) is 0 Å².